The maximum Gasteiger partial charge on any atom is 0.269 e. The Morgan fingerprint density at radius 2 is 1.91 bits per heavy atom. The van der Waals surface area contributed by atoms with E-state index in [0.717, 1.165) is 66.9 Å². The third-order valence-corrected chi connectivity index (χ3v) is 6.68. The van der Waals surface area contributed by atoms with Crippen molar-refractivity contribution in [2.45, 2.75) is 31.7 Å². The molecule has 1 aliphatic carbocycles. The largest absolute Gasteiger partial charge is 0.368 e. The fraction of sp³-hybridized carbons (Fsp3) is 0.417. The number of H-pyrrole nitrogens is 1. The van der Waals surface area contributed by atoms with Crippen LogP contribution in [-0.4, -0.2) is 59.0 Å². The van der Waals surface area contributed by atoms with E-state index in [9.17, 15) is 9.59 Å². The molecule has 1 saturated heterocycles. The van der Waals surface area contributed by atoms with Crippen molar-refractivity contribution in [1.29, 1.82) is 0 Å². The minimum atomic E-state index is -0.177. The van der Waals surface area contributed by atoms with Gasteiger partial charge in [0.05, 0.1) is 22.9 Å². The Morgan fingerprint density at radius 1 is 1.12 bits per heavy atom. The lowest BCUT2D eigenvalue weighted by molar-refractivity contribution is 0.0958. The zero-order valence-electron chi connectivity index (χ0n) is 18.5. The van der Waals surface area contributed by atoms with Crippen molar-refractivity contribution in [2.75, 3.05) is 38.1 Å². The summed E-state index contributed by atoms with van der Waals surface area (Å²) in [5.41, 5.74) is 5.13. The Kier molecular flexibility index (Phi) is 5.38. The third-order valence-electron chi connectivity index (χ3n) is 6.68. The first kappa shape index (κ1) is 20.6. The van der Waals surface area contributed by atoms with Crippen LogP contribution in [0.3, 0.4) is 0 Å². The summed E-state index contributed by atoms with van der Waals surface area (Å²) in [6.45, 7) is 5.78. The van der Waals surface area contributed by atoms with E-state index in [1.165, 1.54) is 0 Å². The van der Waals surface area contributed by atoms with Crippen LogP contribution >= 0.6 is 0 Å². The third kappa shape index (κ3) is 3.98. The lowest BCUT2D eigenvalue weighted by Gasteiger charge is -2.39. The van der Waals surface area contributed by atoms with Crippen molar-refractivity contribution < 1.29 is 4.79 Å². The maximum absolute atomic E-state index is 12.4. The average Bonchev–Trinajstić information content (AvgIpc) is 3.68. The smallest absolute Gasteiger partial charge is 0.269 e. The number of pyridine rings is 3. The van der Waals surface area contributed by atoms with Gasteiger partial charge < -0.3 is 15.2 Å². The van der Waals surface area contributed by atoms with Crippen molar-refractivity contribution in [3.05, 3.63) is 63.8 Å². The van der Waals surface area contributed by atoms with Crippen molar-refractivity contribution in [3.63, 3.8) is 0 Å². The quantitative estimate of drug-likeness (QED) is 0.643. The molecule has 3 aromatic rings. The van der Waals surface area contributed by atoms with E-state index in [1.54, 1.807) is 19.3 Å². The second-order valence-corrected chi connectivity index (χ2v) is 8.71. The van der Waals surface area contributed by atoms with Crippen LogP contribution in [0.1, 0.15) is 53.3 Å². The van der Waals surface area contributed by atoms with Gasteiger partial charge in [0, 0.05) is 51.0 Å². The highest BCUT2D eigenvalue weighted by Crippen LogP contribution is 2.38. The molecule has 3 aromatic heterocycles. The molecule has 1 aliphatic heterocycles. The fourth-order valence-corrected chi connectivity index (χ4v) is 4.45. The van der Waals surface area contributed by atoms with Gasteiger partial charge in [-0.1, -0.05) is 0 Å². The molecule has 8 heteroatoms. The van der Waals surface area contributed by atoms with Crippen LogP contribution < -0.4 is 15.8 Å². The van der Waals surface area contributed by atoms with Crippen molar-refractivity contribution >= 4 is 22.6 Å². The molecule has 0 aromatic carbocycles. The number of nitrogens with zero attached hydrogens (tertiary/aromatic N) is 4. The number of rotatable bonds is 5. The molecule has 2 fully saturated rings. The first-order chi connectivity index (χ1) is 15.5. The van der Waals surface area contributed by atoms with E-state index in [0.29, 0.717) is 11.6 Å². The summed E-state index contributed by atoms with van der Waals surface area (Å²) in [4.78, 5) is 40.8. The second kappa shape index (κ2) is 8.35. The predicted molar refractivity (Wildman–Crippen MR) is 124 cm³/mol. The van der Waals surface area contributed by atoms with E-state index in [2.05, 4.69) is 43.1 Å². The zero-order valence-corrected chi connectivity index (χ0v) is 18.5. The molecule has 0 bridgehead atoms. The van der Waals surface area contributed by atoms with Crippen molar-refractivity contribution in [3.8, 4) is 0 Å². The molecule has 1 saturated carbocycles. The molecule has 0 spiro atoms. The zero-order chi connectivity index (χ0) is 22.2. The van der Waals surface area contributed by atoms with Crippen LogP contribution in [0.2, 0.25) is 0 Å². The fourth-order valence-electron chi connectivity index (χ4n) is 4.45. The highest BCUT2D eigenvalue weighted by Gasteiger charge is 2.27. The minimum Gasteiger partial charge on any atom is -0.368 e. The van der Waals surface area contributed by atoms with E-state index >= 15 is 0 Å². The summed E-state index contributed by atoms with van der Waals surface area (Å²) < 4.78 is 0. The lowest BCUT2D eigenvalue weighted by atomic mass is 10.1. The molecule has 1 unspecified atom stereocenters. The number of anilines is 1. The number of carbonyl (C=O) groups is 1. The van der Waals surface area contributed by atoms with Crippen LogP contribution in [0.4, 0.5) is 5.69 Å². The Balaban J connectivity index is 1.26. The number of nitrogens with one attached hydrogen (secondary N) is 2. The van der Waals surface area contributed by atoms with Crippen molar-refractivity contribution in [2.24, 2.45) is 0 Å². The molecule has 2 aliphatic rings. The number of carbonyl (C=O) groups excluding carboxylic acids is 1. The van der Waals surface area contributed by atoms with Gasteiger partial charge in [-0.2, -0.15) is 0 Å². The highest BCUT2D eigenvalue weighted by atomic mass is 16.1. The molecule has 32 heavy (non-hydrogen) atoms. The Labute approximate surface area is 186 Å². The second-order valence-electron chi connectivity index (χ2n) is 8.71. The van der Waals surface area contributed by atoms with E-state index < -0.39 is 0 Å². The molecule has 2 N–H and O–H groups in total. The standard InChI is InChI=1S/C24H28N6O2/c1-15(17-11-22-21(26-13-17)12-19(16-3-4-16)23(31)28-22)29-7-9-30(10-8-29)18-5-6-20(27-14-18)24(32)25-2/h5-6,11-16H,3-4,7-10H2,1-2H3,(H,25,32)(H,28,31). The van der Waals surface area contributed by atoms with Gasteiger partial charge in [0.1, 0.15) is 5.69 Å². The number of aromatic nitrogens is 3. The Bertz CT molecular complexity index is 1190. The number of hydrogen-bond donors (Lipinski definition) is 2. The normalized spacial score (nSPS) is 18.0. The van der Waals surface area contributed by atoms with Gasteiger partial charge in [-0.3, -0.25) is 19.5 Å². The summed E-state index contributed by atoms with van der Waals surface area (Å²) >= 11 is 0. The van der Waals surface area contributed by atoms with Gasteiger partial charge in [-0.25, -0.2) is 4.98 Å². The van der Waals surface area contributed by atoms with Gasteiger partial charge in [-0.05, 0) is 55.5 Å². The SMILES string of the molecule is CNC(=O)c1ccc(N2CCN(C(C)c3cnc4cc(C5CC5)c(=O)[nH]c4c3)CC2)cn1. The summed E-state index contributed by atoms with van der Waals surface area (Å²) in [5, 5.41) is 2.59. The number of piperazine rings is 1. The van der Waals surface area contributed by atoms with Gasteiger partial charge >= 0.3 is 0 Å². The molecule has 4 heterocycles. The summed E-state index contributed by atoms with van der Waals surface area (Å²) in [7, 11) is 1.60. The van der Waals surface area contributed by atoms with E-state index in [1.807, 2.05) is 18.3 Å². The molecule has 166 valence electrons. The summed E-state index contributed by atoms with van der Waals surface area (Å²) in [5.74, 6) is 0.236. The predicted octanol–water partition coefficient (Wildman–Crippen LogP) is 2.44. The van der Waals surface area contributed by atoms with Crippen LogP contribution in [0.25, 0.3) is 11.0 Å². The number of aromatic amines is 1. The van der Waals surface area contributed by atoms with E-state index in [4.69, 9.17) is 0 Å². The molecular weight excluding hydrogens is 404 g/mol. The molecule has 5 rings (SSSR count). The monoisotopic (exact) mass is 432 g/mol. The molecular formula is C24H28N6O2. The average molecular weight is 433 g/mol. The first-order valence-electron chi connectivity index (χ1n) is 11.2. The molecule has 1 atom stereocenters. The van der Waals surface area contributed by atoms with Crippen LogP contribution in [0, 0.1) is 0 Å². The summed E-state index contributed by atoms with van der Waals surface area (Å²) in [6, 6.07) is 7.95. The van der Waals surface area contributed by atoms with Gasteiger partial charge in [0.25, 0.3) is 11.5 Å². The van der Waals surface area contributed by atoms with Gasteiger partial charge in [0.2, 0.25) is 0 Å². The van der Waals surface area contributed by atoms with Crippen LogP contribution in [0.5, 0.6) is 0 Å². The topological polar surface area (TPSA) is 94.2 Å². The number of amides is 1. The van der Waals surface area contributed by atoms with Crippen LogP contribution in [-0.2, 0) is 0 Å². The summed E-state index contributed by atoms with van der Waals surface area (Å²) in [6.07, 6.45) is 5.91. The Morgan fingerprint density at radius 3 is 2.56 bits per heavy atom. The molecule has 1 amide bonds. The van der Waals surface area contributed by atoms with Crippen LogP contribution in [0.15, 0.2) is 41.5 Å². The molecule has 8 nitrogen and oxygen atoms in total. The highest BCUT2D eigenvalue weighted by molar-refractivity contribution is 5.92. The minimum absolute atomic E-state index is 0.0243. The van der Waals surface area contributed by atoms with Gasteiger partial charge in [0.15, 0.2) is 0 Å². The van der Waals surface area contributed by atoms with Crippen molar-refractivity contribution in [1.82, 2.24) is 25.2 Å². The first-order valence-corrected chi connectivity index (χ1v) is 11.2. The number of hydrogen-bond acceptors (Lipinski definition) is 6. The number of fused-ring (bicyclic) bond motifs is 1. The van der Waals surface area contributed by atoms with Gasteiger partial charge in [-0.15, -0.1) is 0 Å². The Hall–Kier alpha value is -3.26. The van der Waals surface area contributed by atoms with E-state index in [-0.39, 0.29) is 17.5 Å². The maximum atomic E-state index is 12.4. The lowest BCUT2D eigenvalue weighted by Crippen LogP contribution is -2.47. The molecule has 0 radical (unpaired) electrons.